The maximum Gasteiger partial charge on any atom is 0.138 e. The maximum absolute atomic E-state index is 12.8. The highest BCUT2D eigenvalue weighted by atomic mass is 16.3. The van der Waals surface area contributed by atoms with Gasteiger partial charge in [0.15, 0.2) is 0 Å². The molecule has 0 aromatic rings. The van der Waals surface area contributed by atoms with Gasteiger partial charge in [-0.2, -0.15) is 0 Å². The molecule has 4 rings (SSSR count). The molecule has 0 saturated heterocycles. The van der Waals surface area contributed by atoms with E-state index in [4.69, 9.17) is 0 Å². The van der Waals surface area contributed by atoms with E-state index in [1.165, 1.54) is 44.1 Å². The highest BCUT2D eigenvalue weighted by molar-refractivity contribution is 5.85. The first-order valence-corrected chi connectivity index (χ1v) is 13.6. The molecule has 4 saturated carbocycles. The Balaban J connectivity index is 1.62. The molecule has 8 atom stereocenters. The molecule has 0 amide bonds. The van der Waals surface area contributed by atoms with Gasteiger partial charge in [0.05, 0.1) is 5.60 Å². The summed E-state index contributed by atoms with van der Waals surface area (Å²) in [5.41, 5.74) is 1.52. The normalized spacial score (nSPS) is 47.1. The Hall–Kier alpha value is -0.630. The van der Waals surface area contributed by atoms with Crippen molar-refractivity contribution >= 4 is 5.78 Å². The Morgan fingerprint density at radius 1 is 0.969 bits per heavy atom. The minimum atomic E-state index is -0.572. The summed E-state index contributed by atoms with van der Waals surface area (Å²) in [5.74, 6) is 2.78. The molecule has 4 fully saturated rings. The highest BCUT2D eigenvalue weighted by Crippen LogP contribution is 2.75. The van der Waals surface area contributed by atoms with Gasteiger partial charge < -0.3 is 5.11 Å². The summed E-state index contributed by atoms with van der Waals surface area (Å²) in [4.78, 5) is 12.8. The largest absolute Gasteiger partial charge is 0.390 e. The zero-order valence-corrected chi connectivity index (χ0v) is 22.3. The molecule has 0 unspecified atom stereocenters. The molecule has 32 heavy (non-hydrogen) atoms. The van der Waals surface area contributed by atoms with Crippen LogP contribution < -0.4 is 0 Å². The van der Waals surface area contributed by atoms with Crippen molar-refractivity contribution in [2.45, 2.75) is 125 Å². The van der Waals surface area contributed by atoms with Gasteiger partial charge in [-0.05, 0) is 118 Å². The van der Waals surface area contributed by atoms with E-state index in [1.807, 2.05) is 0 Å². The van der Waals surface area contributed by atoms with Crippen LogP contribution in [0.2, 0.25) is 0 Å². The summed E-state index contributed by atoms with van der Waals surface area (Å²) < 4.78 is 0. The Kier molecular flexibility index (Phi) is 5.89. The van der Waals surface area contributed by atoms with Crippen molar-refractivity contribution in [3.05, 3.63) is 11.6 Å². The number of aliphatic hydroxyl groups is 1. The first-order valence-electron chi connectivity index (χ1n) is 13.6. The third-order valence-corrected chi connectivity index (χ3v) is 12.1. The Labute approximate surface area is 198 Å². The van der Waals surface area contributed by atoms with Crippen molar-refractivity contribution in [3.63, 3.8) is 0 Å². The lowest BCUT2D eigenvalue weighted by atomic mass is 9.35. The number of Topliss-reactive ketones (excluding diaryl/α,β-unsaturated/α-hetero) is 1. The van der Waals surface area contributed by atoms with E-state index in [0.29, 0.717) is 40.3 Å². The van der Waals surface area contributed by atoms with E-state index in [-0.39, 0.29) is 10.8 Å². The molecule has 0 bridgehead atoms. The number of carbonyl (C=O) groups excluding carboxylic acids is 1. The second-order valence-corrected chi connectivity index (χ2v) is 14.1. The van der Waals surface area contributed by atoms with Crippen LogP contribution in [0.5, 0.6) is 0 Å². The van der Waals surface area contributed by atoms with Crippen molar-refractivity contribution in [1.29, 1.82) is 0 Å². The quantitative estimate of drug-likeness (QED) is 0.452. The molecule has 0 heterocycles. The fourth-order valence-electron chi connectivity index (χ4n) is 10.1. The standard InChI is InChI=1S/C30H50O2/c1-20(2)10-9-16-30(8,32)22-13-18-28(6)21(22)11-12-24-27(5)17-15-25(31)26(3,4)23(27)14-19-29(24,28)7/h10,21-24,32H,9,11-19H2,1-8H3/t21-,22+,23-,24-,27+,28-,29-,30+/m1/s1. The number of hydrogen-bond acceptors (Lipinski definition) is 2. The van der Waals surface area contributed by atoms with Gasteiger partial charge in [-0.25, -0.2) is 0 Å². The van der Waals surface area contributed by atoms with Crippen molar-refractivity contribution < 1.29 is 9.90 Å². The summed E-state index contributed by atoms with van der Waals surface area (Å²) in [6.45, 7) is 18.7. The summed E-state index contributed by atoms with van der Waals surface area (Å²) >= 11 is 0. The molecule has 182 valence electrons. The predicted molar refractivity (Wildman–Crippen MR) is 133 cm³/mol. The van der Waals surface area contributed by atoms with Crippen LogP contribution in [0.3, 0.4) is 0 Å². The molecule has 2 heteroatoms. The van der Waals surface area contributed by atoms with E-state index in [2.05, 4.69) is 61.5 Å². The summed E-state index contributed by atoms with van der Waals surface area (Å²) in [6, 6.07) is 0. The van der Waals surface area contributed by atoms with Gasteiger partial charge in [0, 0.05) is 11.8 Å². The number of carbonyl (C=O) groups is 1. The third-order valence-electron chi connectivity index (χ3n) is 12.1. The number of rotatable bonds is 4. The number of ketones is 1. The van der Waals surface area contributed by atoms with Gasteiger partial charge >= 0.3 is 0 Å². The molecule has 4 aliphatic rings. The SMILES string of the molecule is CC(C)=CCC[C@](C)(O)[C@H]1CC[C@]2(C)[C@@H]1CC[C@@H]1[C@@]3(C)CCC(=O)C(C)(C)[C@H]3CC[C@]12C. The number of allylic oxidation sites excluding steroid dienone is 2. The molecule has 0 aromatic heterocycles. The fraction of sp³-hybridized carbons (Fsp3) is 0.900. The maximum atomic E-state index is 12.8. The zero-order valence-electron chi connectivity index (χ0n) is 22.3. The molecule has 1 N–H and O–H groups in total. The molecule has 4 aliphatic carbocycles. The molecule has 0 radical (unpaired) electrons. The molecule has 0 aromatic carbocycles. The Morgan fingerprint density at radius 2 is 1.62 bits per heavy atom. The van der Waals surface area contributed by atoms with E-state index in [0.717, 1.165) is 25.7 Å². The van der Waals surface area contributed by atoms with Gasteiger partial charge in [0.2, 0.25) is 0 Å². The third kappa shape index (κ3) is 3.32. The monoisotopic (exact) mass is 442 g/mol. The highest BCUT2D eigenvalue weighted by Gasteiger charge is 2.69. The lowest BCUT2D eigenvalue weighted by Crippen LogP contribution is -2.63. The van der Waals surface area contributed by atoms with Gasteiger partial charge in [-0.3, -0.25) is 4.79 Å². The fourth-order valence-corrected chi connectivity index (χ4v) is 10.1. The van der Waals surface area contributed by atoms with Crippen LogP contribution in [0.15, 0.2) is 11.6 Å². The Morgan fingerprint density at radius 3 is 2.28 bits per heavy atom. The summed E-state index contributed by atoms with van der Waals surface area (Å²) in [5, 5.41) is 11.6. The van der Waals surface area contributed by atoms with Crippen LogP contribution >= 0.6 is 0 Å². The van der Waals surface area contributed by atoms with Crippen LogP contribution in [0.4, 0.5) is 0 Å². The first-order chi connectivity index (χ1) is 14.7. The van der Waals surface area contributed by atoms with Crippen LogP contribution in [-0.4, -0.2) is 16.5 Å². The minimum Gasteiger partial charge on any atom is -0.390 e. The molecule has 0 spiro atoms. The van der Waals surface area contributed by atoms with Crippen molar-refractivity contribution in [3.8, 4) is 0 Å². The topological polar surface area (TPSA) is 37.3 Å². The van der Waals surface area contributed by atoms with Gasteiger partial charge in [0.1, 0.15) is 5.78 Å². The molecule has 2 nitrogen and oxygen atoms in total. The number of fused-ring (bicyclic) bond motifs is 5. The van der Waals surface area contributed by atoms with Gasteiger partial charge in [-0.1, -0.05) is 46.3 Å². The van der Waals surface area contributed by atoms with Crippen molar-refractivity contribution in [2.75, 3.05) is 0 Å². The number of hydrogen-bond donors (Lipinski definition) is 1. The Bertz CT molecular complexity index is 787. The molecule has 0 aliphatic heterocycles. The van der Waals surface area contributed by atoms with Gasteiger partial charge in [-0.15, -0.1) is 0 Å². The second kappa shape index (κ2) is 7.69. The average Bonchev–Trinajstić information content (AvgIpc) is 3.04. The molecular weight excluding hydrogens is 392 g/mol. The van der Waals surface area contributed by atoms with Crippen molar-refractivity contribution in [1.82, 2.24) is 0 Å². The minimum absolute atomic E-state index is 0.168. The van der Waals surface area contributed by atoms with E-state index in [1.54, 1.807) is 0 Å². The van der Waals surface area contributed by atoms with Crippen LogP contribution in [-0.2, 0) is 4.79 Å². The average molecular weight is 443 g/mol. The van der Waals surface area contributed by atoms with Crippen LogP contribution in [0.25, 0.3) is 0 Å². The lowest BCUT2D eigenvalue weighted by molar-refractivity contribution is -0.207. The van der Waals surface area contributed by atoms with E-state index >= 15 is 0 Å². The zero-order chi connectivity index (χ0) is 23.7. The lowest BCUT2D eigenvalue weighted by Gasteiger charge is -2.69. The molecular formula is C30H50O2. The van der Waals surface area contributed by atoms with E-state index in [9.17, 15) is 9.90 Å². The van der Waals surface area contributed by atoms with Crippen LogP contribution in [0, 0.1) is 45.3 Å². The first kappa shape index (κ1) is 24.5. The predicted octanol–water partition coefficient (Wildman–Crippen LogP) is 7.74. The summed E-state index contributed by atoms with van der Waals surface area (Å²) in [7, 11) is 0. The summed E-state index contributed by atoms with van der Waals surface area (Å²) in [6.07, 6.45) is 13.5. The van der Waals surface area contributed by atoms with Crippen LogP contribution in [0.1, 0.15) is 120 Å². The van der Waals surface area contributed by atoms with Crippen molar-refractivity contribution in [2.24, 2.45) is 45.3 Å². The smallest absolute Gasteiger partial charge is 0.138 e. The van der Waals surface area contributed by atoms with E-state index < -0.39 is 5.60 Å². The van der Waals surface area contributed by atoms with Gasteiger partial charge in [0.25, 0.3) is 0 Å². The second-order valence-electron chi connectivity index (χ2n) is 14.1.